The van der Waals surface area contributed by atoms with Crippen LogP contribution >= 0.6 is 0 Å². The number of aryl methyl sites for hydroxylation is 2. The lowest BCUT2D eigenvalue weighted by Crippen LogP contribution is -2.28. The van der Waals surface area contributed by atoms with Gasteiger partial charge in [0.1, 0.15) is 0 Å². The Hall–Kier alpha value is -1.28. The number of fused-ring (bicyclic) bond motifs is 1. The van der Waals surface area contributed by atoms with Crippen molar-refractivity contribution in [1.82, 2.24) is 9.88 Å². The molecule has 0 aliphatic heterocycles. The first-order valence-corrected chi connectivity index (χ1v) is 7.27. The van der Waals surface area contributed by atoms with Crippen molar-refractivity contribution in [2.24, 2.45) is 13.0 Å². The fourth-order valence-electron chi connectivity index (χ4n) is 2.95. The van der Waals surface area contributed by atoms with Gasteiger partial charge in [0.2, 0.25) is 0 Å². The number of benzene rings is 1. The Morgan fingerprint density at radius 3 is 2.47 bits per heavy atom. The largest absolute Gasteiger partial charge is 0.346 e. The Labute approximate surface area is 116 Å². The van der Waals surface area contributed by atoms with Gasteiger partial charge in [-0.2, -0.15) is 0 Å². The molecular formula is C17H26N2. The minimum Gasteiger partial charge on any atom is -0.346 e. The first kappa shape index (κ1) is 14.1. The van der Waals surface area contributed by atoms with Gasteiger partial charge in [0, 0.05) is 36.2 Å². The van der Waals surface area contributed by atoms with Crippen LogP contribution in [0.5, 0.6) is 0 Å². The lowest BCUT2D eigenvalue weighted by molar-refractivity contribution is 0.437. The van der Waals surface area contributed by atoms with Crippen LogP contribution in [0.25, 0.3) is 10.9 Å². The average Bonchev–Trinajstić information content (AvgIpc) is 2.60. The monoisotopic (exact) mass is 258 g/mol. The van der Waals surface area contributed by atoms with Crippen LogP contribution in [0.2, 0.25) is 0 Å². The van der Waals surface area contributed by atoms with Crippen LogP contribution in [0, 0.1) is 12.8 Å². The van der Waals surface area contributed by atoms with Crippen molar-refractivity contribution < 1.29 is 0 Å². The normalized spacial score (nSPS) is 13.4. The second-order valence-electron chi connectivity index (χ2n) is 6.06. The van der Waals surface area contributed by atoms with Crippen LogP contribution in [-0.2, 0) is 13.6 Å². The molecule has 104 valence electrons. The van der Waals surface area contributed by atoms with Gasteiger partial charge >= 0.3 is 0 Å². The lowest BCUT2D eigenvalue weighted by atomic mass is 10.1. The second kappa shape index (κ2) is 5.79. The highest BCUT2D eigenvalue weighted by molar-refractivity contribution is 5.85. The molecule has 0 aliphatic carbocycles. The van der Waals surface area contributed by atoms with Crippen molar-refractivity contribution in [3.8, 4) is 0 Å². The molecule has 1 aromatic carbocycles. The number of nitrogens with zero attached hydrogens (tertiary/aromatic N) is 1. The van der Waals surface area contributed by atoms with Crippen LogP contribution in [0.3, 0.4) is 0 Å². The van der Waals surface area contributed by atoms with Gasteiger partial charge in [-0.1, -0.05) is 32.0 Å². The van der Waals surface area contributed by atoms with Crippen LogP contribution < -0.4 is 5.32 Å². The highest BCUT2D eigenvalue weighted by atomic mass is 15.0. The molecule has 2 nitrogen and oxygen atoms in total. The molecule has 1 N–H and O–H groups in total. The Kier molecular flexibility index (Phi) is 4.31. The van der Waals surface area contributed by atoms with Crippen LogP contribution in [-0.4, -0.2) is 10.6 Å². The quantitative estimate of drug-likeness (QED) is 0.857. The molecule has 0 amide bonds. The number of aromatic nitrogens is 1. The van der Waals surface area contributed by atoms with E-state index < -0.39 is 0 Å². The number of para-hydroxylation sites is 1. The smallest absolute Gasteiger partial charge is 0.0483 e. The van der Waals surface area contributed by atoms with Crippen molar-refractivity contribution in [2.75, 3.05) is 0 Å². The van der Waals surface area contributed by atoms with E-state index in [4.69, 9.17) is 0 Å². The van der Waals surface area contributed by atoms with Gasteiger partial charge in [-0.15, -0.1) is 0 Å². The summed E-state index contributed by atoms with van der Waals surface area (Å²) < 4.78 is 2.32. The van der Waals surface area contributed by atoms with Gasteiger partial charge in [-0.3, -0.25) is 0 Å². The molecule has 0 spiro atoms. The van der Waals surface area contributed by atoms with Gasteiger partial charge in [-0.25, -0.2) is 0 Å². The van der Waals surface area contributed by atoms with Gasteiger partial charge < -0.3 is 9.88 Å². The van der Waals surface area contributed by atoms with Gasteiger partial charge in [-0.05, 0) is 37.8 Å². The summed E-state index contributed by atoms with van der Waals surface area (Å²) in [6.45, 7) is 10.0. The molecule has 0 fully saturated rings. The maximum absolute atomic E-state index is 3.65. The third kappa shape index (κ3) is 3.01. The van der Waals surface area contributed by atoms with E-state index >= 15 is 0 Å². The van der Waals surface area contributed by atoms with E-state index in [-0.39, 0.29) is 0 Å². The zero-order valence-electron chi connectivity index (χ0n) is 12.8. The van der Waals surface area contributed by atoms with Crippen LogP contribution in [0.4, 0.5) is 0 Å². The molecule has 0 saturated heterocycles. The molecular weight excluding hydrogens is 232 g/mol. The molecule has 1 unspecified atom stereocenters. The zero-order valence-corrected chi connectivity index (χ0v) is 12.8. The Morgan fingerprint density at radius 1 is 1.16 bits per heavy atom. The lowest BCUT2D eigenvalue weighted by Gasteiger charge is -2.16. The molecule has 0 saturated carbocycles. The number of rotatable bonds is 5. The maximum Gasteiger partial charge on any atom is 0.0483 e. The topological polar surface area (TPSA) is 17.0 Å². The van der Waals surface area contributed by atoms with Crippen molar-refractivity contribution in [3.05, 3.63) is 35.5 Å². The highest BCUT2D eigenvalue weighted by Gasteiger charge is 2.12. The molecule has 0 radical (unpaired) electrons. The number of nitrogens with one attached hydrogen (secondary N) is 1. The molecule has 0 bridgehead atoms. The van der Waals surface area contributed by atoms with Crippen molar-refractivity contribution in [3.63, 3.8) is 0 Å². The Balaban J connectivity index is 2.17. The predicted octanol–water partition coefficient (Wildman–Crippen LogP) is 4.01. The first-order chi connectivity index (χ1) is 9.00. The number of hydrogen-bond acceptors (Lipinski definition) is 1. The molecule has 1 atom stereocenters. The summed E-state index contributed by atoms with van der Waals surface area (Å²) in [5.74, 6) is 0.746. The van der Waals surface area contributed by atoms with Crippen LogP contribution in [0.1, 0.15) is 38.4 Å². The first-order valence-electron chi connectivity index (χ1n) is 7.27. The Bertz CT molecular complexity index is 513. The second-order valence-corrected chi connectivity index (χ2v) is 6.06. The van der Waals surface area contributed by atoms with E-state index in [0.717, 1.165) is 12.5 Å². The minimum atomic E-state index is 0.567. The van der Waals surface area contributed by atoms with E-state index in [2.05, 4.69) is 68.9 Å². The summed E-state index contributed by atoms with van der Waals surface area (Å²) in [5.41, 5.74) is 4.13. The summed E-state index contributed by atoms with van der Waals surface area (Å²) in [7, 11) is 2.17. The van der Waals surface area contributed by atoms with E-state index in [1.807, 2.05) is 0 Å². The van der Waals surface area contributed by atoms with Gasteiger partial charge in [0.05, 0.1) is 0 Å². The minimum absolute atomic E-state index is 0.567. The predicted molar refractivity (Wildman–Crippen MR) is 83.4 cm³/mol. The summed E-state index contributed by atoms with van der Waals surface area (Å²) >= 11 is 0. The SMILES string of the molecule is Cc1c(CNC(C)CC(C)C)n(C)c2ccccc12. The van der Waals surface area contributed by atoms with E-state index in [0.29, 0.717) is 6.04 Å². The maximum atomic E-state index is 3.65. The zero-order chi connectivity index (χ0) is 14.0. The molecule has 2 heteroatoms. The van der Waals surface area contributed by atoms with Crippen molar-refractivity contribution in [2.45, 2.75) is 46.7 Å². The Morgan fingerprint density at radius 2 is 1.84 bits per heavy atom. The third-order valence-electron chi connectivity index (χ3n) is 3.95. The standard InChI is InChI=1S/C17H26N2/c1-12(2)10-13(3)18-11-17-14(4)15-8-6-7-9-16(15)19(17)5/h6-9,12-13,18H,10-11H2,1-5H3. The molecule has 2 aromatic rings. The fourth-order valence-corrected chi connectivity index (χ4v) is 2.95. The van der Waals surface area contributed by atoms with E-state index in [1.165, 1.54) is 28.6 Å². The summed E-state index contributed by atoms with van der Waals surface area (Å²) in [5, 5.41) is 5.03. The molecule has 0 aliphatic rings. The van der Waals surface area contributed by atoms with Gasteiger partial charge in [0.25, 0.3) is 0 Å². The molecule has 19 heavy (non-hydrogen) atoms. The van der Waals surface area contributed by atoms with Crippen molar-refractivity contribution >= 4 is 10.9 Å². The van der Waals surface area contributed by atoms with Gasteiger partial charge in [0.15, 0.2) is 0 Å². The average molecular weight is 258 g/mol. The summed E-state index contributed by atoms with van der Waals surface area (Å²) in [4.78, 5) is 0. The third-order valence-corrected chi connectivity index (χ3v) is 3.95. The van der Waals surface area contributed by atoms with Crippen LogP contribution in [0.15, 0.2) is 24.3 Å². The fraction of sp³-hybridized carbons (Fsp3) is 0.529. The van der Waals surface area contributed by atoms with E-state index in [1.54, 1.807) is 0 Å². The molecule has 1 heterocycles. The number of hydrogen-bond donors (Lipinski definition) is 1. The molecule has 1 aromatic heterocycles. The summed E-state index contributed by atoms with van der Waals surface area (Å²) in [6.07, 6.45) is 1.23. The highest BCUT2D eigenvalue weighted by Crippen LogP contribution is 2.24. The molecule has 2 rings (SSSR count). The van der Waals surface area contributed by atoms with E-state index in [9.17, 15) is 0 Å². The summed E-state index contributed by atoms with van der Waals surface area (Å²) in [6, 6.07) is 9.21. The van der Waals surface area contributed by atoms with Crippen molar-refractivity contribution in [1.29, 1.82) is 0 Å².